The lowest BCUT2D eigenvalue weighted by atomic mass is 10.1. The normalized spacial score (nSPS) is 11.3. The molecule has 0 saturated carbocycles. The Labute approximate surface area is 125 Å². The van der Waals surface area contributed by atoms with Crippen molar-refractivity contribution in [3.05, 3.63) is 35.5 Å². The summed E-state index contributed by atoms with van der Waals surface area (Å²) in [6.07, 6.45) is 2.01. The first-order valence-electron chi connectivity index (χ1n) is 5.79. The average molecular weight is 358 g/mol. The molecule has 0 fully saturated rings. The maximum atomic E-state index is 11.5. The van der Waals surface area contributed by atoms with Crippen molar-refractivity contribution in [2.24, 2.45) is 0 Å². The van der Waals surface area contributed by atoms with Gasteiger partial charge < -0.3 is 33.4 Å². The van der Waals surface area contributed by atoms with E-state index in [4.69, 9.17) is 0 Å². The topological polar surface area (TPSA) is 32.9 Å². The lowest BCUT2D eigenvalue weighted by molar-refractivity contribution is -0.883. The number of carbonyl (C=O) groups excluding carboxylic acids is 1. The predicted molar refractivity (Wildman–Crippen MR) is 70.0 cm³/mol. The van der Waals surface area contributed by atoms with Crippen LogP contribution in [0.3, 0.4) is 0 Å². The minimum atomic E-state index is 0. The summed E-state index contributed by atoms with van der Waals surface area (Å²) in [5.41, 5.74) is 2.99. The number of ketones is 1. The van der Waals surface area contributed by atoms with Crippen LogP contribution in [0.2, 0.25) is 0 Å². The largest absolute Gasteiger partial charge is 1.00 e. The highest BCUT2D eigenvalue weighted by molar-refractivity contribution is 6.06. The molecular formula is C14H19IN2O. The number of aromatic amines is 1. The summed E-state index contributed by atoms with van der Waals surface area (Å²) in [7, 11) is 6.48. The van der Waals surface area contributed by atoms with E-state index >= 15 is 0 Å². The summed E-state index contributed by atoms with van der Waals surface area (Å²) >= 11 is 0. The Morgan fingerprint density at radius 3 is 2.50 bits per heavy atom. The first-order valence-corrected chi connectivity index (χ1v) is 5.79. The van der Waals surface area contributed by atoms with Gasteiger partial charge in [-0.2, -0.15) is 0 Å². The number of benzene rings is 1. The molecule has 2 aromatic rings. The molecule has 0 amide bonds. The molecule has 4 heteroatoms. The SMILES string of the molecule is CC(=O)c1cccc2c(C[N+](C)(C)C)c[nH]c12.[I-]. The Morgan fingerprint density at radius 2 is 1.94 bits per heavy atom. The highest BCUT2D eigenvalue weighted by Gasteiger charge is 2.15. The molecule has 0 aliphatic rings. The van der Waals surface area contributed by atoms with Gasteiger partial charge in [0.15, 0.2) is 5.78 Å². The molecule has 0 bridgehead atoms. The van der Waals surface area contributed by atoms with Crippen molar-refractivity contribution in [2.45, 2.75) is 13.5 Å². The van der Waals surface area contributed by atoms with Crippen LogP contribution in [0, 0.1) is 0 Å². The number of fused-ring (bicyclic) bond motifs is 1. The summed E-state index contributed by atoms with van der Waals surface area (Å²) in [5, 5.41) is 1.16. The number of rotatable bonds is 3. The summed E-state index contributed by atoms with van der Waals surface area (Å²) in [6, 6.07) is 5.90. The summed E-state index contributed by atoms with van der Waals surface area (Å²) in [4.78, 5) is 14.8. The Morgan fingerprint density at radius 1 is 1.28 bits per heavy atom. The highest BCUT2D eigenvalue weighted by Crippen LogP contribution is 2.23. The summed E-state index contributed by atoms with van der Waals surface area (Å²) < 4.78 is 0.872. The van der Waals surface area contributed by atoms with E-state index in [2.05, 4.69) is 32.2 Å². The maximum Gasteiger partial charge on any atom is 0.161 e. The minimum absolute atomic E-state index is 0. The lowest BCUT2D eigenvalue weighted by Crippen LogP contribution is -3.00. The number of hydrogen-bond donors (Lipinski definition) is 1. The third-order valence-corrected chi connectivity index (χ3v) is 2.83. The zero-order valence-electron chi connectivity index (χ0n) is 11.2. The van der Waals surface area contributed by atoms with Gasteiger partial charge in [0.05, 0.1) is 26.7 Å². The zero-order chi connectivity index (χ0) is 12.6. The third kappa shape index (κ3) is 3.11. The molecule has 1 heterocycles. The molecular weight excluding hydrogens is 339 g/mol. The van der Waals surface area contributed by atoms with Gasteiger partial charge in [-0.25, -0.2) is 0 Å². The number of nitrogens with one attached hydrogen (secondary N) is 1. The first kappa shape index (κ1) is 15.2. The number of nitrogens with zero attached hydrogens (tertiary/aromatic N) is 1. The van der Waals surface area contributed by atoms with Crippen LogP contribution < -0.4 is 24.0 Å². The molecule has 0 atom stereocenters. The van der Waals surface area contributed by atoms with Gasteiger partial charge in [0, 0.05) is 22.7 Å². The molecule has 1 aromatic heterocycles. The van der Waals surface area contributed by atoms with Crippen molar-refractivity contribution in [1.82, 2.24) is 4.98 Å². The van der Waals surface area contributed by atoms with Gasteiger partial charge in [-0.15, -0.1) is 0 Å². The summed E-state index contributed by atoms with van der Waals surface area (Å²) in [5.74, 6) is 0.106. The number of carbonyl (C=O) groups is 1. The molecule has 0 radical (unpaired) electrons. The fourth-order valence-corrected chi connectivity index (χ4v) is 2.15. The number of aromatic nitrogens is 1. The van der Waals surface area contributed by atoms with Crippen LogP contribution >= 0.6 is 0 Å². The van der Waals surface area contributed by atoms with Crippen LogP contribution in [-0.4, -0.2) is 36.4 Å². The van der Waals surface area contributed by atoms with Crippen LogP contribution in [-0.2, 0) is 6.54 Å². The van der Waals surface area contributed by atoms with E-state index < -0.39 is 0 Å². The van der Waals surface area contributed by atoms with Crippen molar-refractivity contribution >= 4 is 16.7 Å². The number of H-pyrrole nitrogens is 1. The monoisotopic (exact) mass is 358 g/mol. The van der Waals surface area contributed by atoms with Gasteiger partial charge >= 0.3 is 0 Å². The second kappa shape index (κ2) is 5.40. The molecule has 18 heavy (non-hydrogen) atoms. The average Bonchev–Trinajstić information content (AvgIpc) is 2.59. The van der Waals surface area contributed by atoms with E-state index in [1.54, 1.807) is 6.92 Å². The number of Topliss-reactive ketones (excluding diaryl/α,β-unsaturated/α-hetero) is 1. The fourth-order valence-electron chi connectivity index (χ4n) is 2.15. The smallest absolute Gasteiger partial charge is 0.161 e. The maximum absolute atomic E-state index is 11.5. The van der Waals surface area contributed by atoms with Crippen molar-refractivity contribution in [3.8, 4) is 0 Å². The van der Waals surface area contributed by atoms with E-state index in [-0.39, 0.29) is 29.8 Å². The lowest BCUT2D eigenvalue weighted by Gasteiger charge is -2.23. The van der Waals surface area contributed by atoms with Crippen LogP contribution in [0.5, 0.6) is 0 Å². The Balaban J connectivity index is 0.00000162. The zero-order valence-corrected chi connectivity index (χ0v) is 13.4. The Bertz CT molecular complexity index is 567. The molecule has 0 saturated heterocycles. The van der Waals surface area contributed by atoms with Crippen LogP contribution in [0.25, 0.3) is 10.9 Å². The predicted octanol–water partition coefficient (Wildman–Crippen LogP) is -0.419. The third-order valence-electron chi connectivity index (χ3n) is 2.83. The van der Waals surface area contributed by atoms with Gasteiger partial charge in [0.25, 0.3) is 0 Å². The van der Waals surface area contributed by atoms with Gasteiger partial charge in [-0.1, -0.05) is 12.1 Å². The molecule has 1 aromatic carbocycles. The van der Waals surface area contributed by atoms with Crippen LogP contribution in [0.15, 0.2) is 24.4 Å². The van der Waals surface area contributed by atoms with Gasteiger partial charge in [-0.05, 0) is 13.0 Å². The van der Waals surface area contributed by atoms with Gasteiger partial charge in [-0.3, -0.25) is 4.79 Å². The number of halogens is 1. The fraction of sp³-hybridized carbons (Fsp3) is 0.357. The van der Waals surface area contributed by atoms with Crippen molar-refractivity contribution in [2.75, 3.05) is 21.1 Å². The molecule has 98 valence electrons. The molecule has 3 nitrogen and oxygen atoms in total. The Kier molecular flexibility index (Phi) is 4.55. The van der Waals surface area contributed by atoms with E-state index in [0.29, 0.717) is 0 Å². The highest BCUT2D eigenvalue weighted by atomic mass is 127. The quantitative estimate of drug-likeness (QED) is 0.451. The van der Waals surface area contributed by atoms with E-state index in [1.807, 2.05) is 18.3 Å². The van der Waals surface area contributed by atoms with E-state index in [9.17, 15) is 4.79 Å². The van der Waals surface area contributed by atoms with E-state index in [0.717, 1.165) is 27.5 Å². The van der Waals surface area contributed by atoms with E-state index in [1.165, 1.54) is 5.56 Å². The number of para-hydroxylation sites is 1. The molecule has 0 spiro atoms. The molecule has 1 N–H and O–H groups in total. The minimum Gasteiger partial charge on any atom is -1.00 e. The van der Waals surface area contributed by atoms with Crippen LogP contribution in [0.4, 0.5) is 0 Å². The standard InChI is InChI=1S/C14H18N2O.HI/c1-10(17)12-6-5-7-13-11(8-15-14(12)13)9-16(2,3)4;/h5-8H,9H2,1-4H3;1H. The Hall–Kier alpha value is -0.880. The van der Waals surface area contributed by atoms with Crippen molar-refractivity contribution < 1.29 is 33.3 Å². The number of hydrogen-bond acceptors (Lipinski definition) is 1. The van der Waals surface area contributed by atoms with Crippen molar-refractivity contribution in [1.29, 1.82) is 0 Å². The number of quaternary nitrogens is 1. The van der Waals surface area contributed by atoms with Crippen LogP contribution in [0.1, 0.15) is 22.8 Å². The van der Waals surface area contributed by atoms with Gasteiger partial charge in [0.1, 0.15) is 6.54 Å². The molecule has 0 aliphatic carbocycles. The molecule has 0 aliphatic heterocycles. The molecule has 2 rings (SSSR count). The van der Waals surface area contributed by atoms with Crippen molar-refractivity contribution in [3.63, 3.8) is 0 Å². The second-order valence-electron chi connectivity index (χ2n) is 5.55. The van der Waals surface area contributed by atoms with Gasteiger partial charge in [0.2, 0.25) is 0 Å². The summed E-state index contributed by atoms with van der Waals surface area (Å²) in [6.45, 7) is 2.55. The molecule has 0 unspecified atom stereocenters. The first-order chi connectivity index (χ1) is 7.88. The second-order valence-corrected chi connectivity index (χ2v) is 5.55.